The molecule has 1 N–H and O–H groups in total. The zero-order valence-corrected chi connectivity index (χ0v) is 12.7. The first-order valence-corrected chi connectivity index (χ1v) is 7.74. The maximum absolute atomic E-state index is 12.2. The Bertz CT molecular complexity index is 432. The number of benzene rings is 1. The van der Waals surface area contributed by atoms with Gasteiger partial charge in [-0.2, -0.15) is 0 Å². The lowest BCUT2D eigenvalue weighted by Crippen LogP contribution is -2.50. The van der Waals surface area contributed by atoms with Gasteiger partial charge in [-0.1, -0.05) is 50.6 Å². The van der Waals surface area contributed by atoms with E-state index in [1.54, 1.807) is 0 Å². The van der Waals surface area contributed by atoms with Crippen molar-refractivity contribution in [3.63, 3.8) is 0 Å². The van der Waals surface area contributed by atoms with Gasteiger partial charge in [-0.15, -0.1) is 0 Å². The summed E-state index contributed by atoms with van der Waals surface area (Å²) in [6.07, 6.45) is 4.39. The number of rotatable bonds is 4. The molecule has 1 unspecified atom stereocenters. The molecule has 2 rings (SSSR count). The minimum absolute atomic E-state index is 0.0849. The van der Waals surface area contributed by atoms with Gasteiger partial charge in [0.15, 0.2) is 0 Å². The molecule has 0 radical (unpaired) electrons. The normalized spacial score (nSPS) is 22.6. The highest BCUT2D eigenvalue weighted by molar-refractivity contribution is 5.74. The third-order valence-electron chi connectivity index (χ3n) is 4.26. The van der Waals surface area contributed by atoms with Gasteiger partial charge in [-0.05, 0) is 24.8 Å². The summed E-state index contributed by atoms with van der Waals surface area (Å²) in [4.78, 5) is 14.2. The predicted molar refractivity (Wildman–Crippen MR) is 82.9 cm³/mol. The van der Waals surface area contributed by atoms with Crippen molar-refractivity contribution in [2.75, 3.05) is 19.6 Å². The van der Waals surface area contributed by atoms with Gasteiger partial charge in [-0.3, -0.25) is 0 Å². The molecule has 2 amide bonds. The van der Waals surface area contributed by atoms with Crippen molar-refractivity contribution >= 4 is 6.03 Å². The molecule has 1 aromatic rings. The molecule has 1 heterocycles. The van der Waals surface area contributed by atoms with Crippen LogP contribution in [0.4, 0.5) is 4.79 Å². The van der Waals surface area contributed by atoms with Crippen molar-refractivity contribution in [2.45, 2.75) is 44.9 Å². The highest BCUT2D eigenvalue weighted by Gasteiger charge is 2.34. The van der Waals surface area contributed by atoms with Crippen molar-refractivity contribution in [3.05, 3.63) is 35.9 Å². The molecule has 3 nitrogen and oxygen atoms in total. The van der Waals surface area contributed by atoms with Crippen LogP contribution in [0.1, 0.15) is 45.1 Å². The van der Waals surface area contributed by atoms with Crippen LogP contribution < -0.4 is 5.32 Å². The second-order valence-corrected chi connectivity index (χ2v) is 6.04. The molecule has 0 bridgehead atoms. The van der Waals surface area contributed by atoms with Gasteiger partial charge in [-0.25, -0.2) is 4.79 Å². The number of likely N-dealkylation sites (tertiary alicyclic amines) is 1. The second kappa shape index (κ2) is 6.78. The Morgan fingerprint density at radius 1 is 1.35 bits per heavy atom. The number of urea groups is 1. The SMILES string of the molecule is CCCCNC(=O)N1CCCC(C)(c2ccccc2)C1. The summed E-state index contributed by atoms with van der Waals surface area (Å²) in [6.45, 7) is 6.89. The molecular formula is C17H26N2O. The molecule has 3 heteroatoms. The average Bonchev–Trinajstić information content (AvgIpc) is 2.48. The summed E-state index contributed by atoms with van der Waals surface area (Å²) in [5.74, 6) is 0. The molecule has 1 aliphatic rings. The summed E-state index contributed by atoms with van der Waals surface area (Å²) in [5.41, 5.74) is 1.42. The van der Waals surface area contributed by atoms with E-state index < -0.39 is 0 Å². The van der Waals surface area contributed by atoms with Gasteiger partial charge in [0, 0.05) is 25.0 Å². The first-order valence-electron chi connectivity index (χ1n) is 7.74. The Morgan fingerprint density at radius 3 is 2.80 bits per heavy atom. The molecule has 0 spiro atoms. The Morgan fingerprint density at radius 2 is 2.10 bits per heavy atom. The molecule has 20 heavy (non-hydrogen) atoms. The Hall–Kier alpha value is -1.51. The first-order chi connectivity index (χ1) is 9.65. The number of piperidine rings is 1. The van der Waals surface area contributed by atoms with E-state index in [2.05, 4.69) is 43.4 Å². The summed E-state index contributed by atoms with van der Waals surface area (Å²) in [7, 11) is 0. The van der Waals surface area contributed by atoms with E-state index in [1.165, 1.54) is 5.56 Å². The number of nitrogens with zero attached hydrogens (tertiary/aromatic N) is 1. The number of amides is 2. The maximum Gasteiger partial charge on any atom is 0.317 e. The number of unbranched alkanes of at least 4 members (excludes halogenated alkanes) is 1. The van der Waals surface area contributed by atoms with Crippen LogP contribution >= 0.6 is 0 Å². The average molecular weight is 274 g/mol. The van der Waals surface area contributed by atoms with Crippen LogP contribution in [0, 0.1) is 0 Å². The summed E-state index contributed by atoms with van der Waals surface area (Å²) in [5, 5.41) is 3.03. The smallest absolute Gasteiger partial charge is 0.317 e. The third kappa shape index (κ3) is 3.53. The second-order valence-electron chi connectivity index (χ2n) is 6.04. The fourth-order valence-corrected chi connectivity index (χ4v) is 2.97. The van der Waals surface area contributed by atoms with E-state index in [0.29, 0.717) is 0 Å². The van der Waals surface area contributed by atoms with Gasteiger partial charge in [0.25, 0.3) is 0 Å². The van der Waals surface area contributed by atoms with Crippen LogP contribution in [0.2, 0.25) is 0 Å². The zero-order valence-electron chi connectivity index (χ0n) is 12.7. The van der Waals surface area contributed by atoms with E-state index in [1.807, 2.05) is 11.0 Å². The first kappa shape index (κ1) is 14.9. The molecule has 1 saturated heterocycles. The van der Waals surface area contributed by atoms with Crippen molar-refractivity contribution in [1.29, 1.82) is 0 Å². The largest absolute Gasteiger partial charge is 0.338 e. The number of carbonyl (C=O) groups is 1. The van der Waals surface area contributed by atoms with Crippen LogP contribution in [-0.2, 0) is 5.41 Å². The lowest BCUT2D eigenvalue weighted by atomic mass is 9.76. The van der Waals surface area contributed by atoms with Crippen molar-refractivity contribution < 1.29 is 4.79 Å². The van der Waals surface area contributed by atoms with Crippen LogP contribution in [-0.4, -0.2) is 30.6 Å². The molecule has 1 aromatic carbocycles. The van der Waals surface area contributed by atoms with Crippen molar-refractivity contribution in [3.8, 4) is 0 Å². The number of hydrogen-bond donors (Lipinski definition) is 1. The van der Waals surface area contributed by atoms with Crippen molar-refractivity contribution in [2.24, 2.45) is 0 Å². The zero-order chi connectivity index (χ0) is 14.4. The molecule has 1 aliphatic heterocycles. The molecular weight excluding hydrogens is 248 g/mol. The van der Waals surface area contributed by atoms with Crippen molar-refractivity contribution in [1.82, 2.24) is 10.2 Å². The van der Waals surface area contributed by atoms with Gasteiger partial charge >= 0.3 is 6.03 Å². The van der Waals surface area contributed by atoms with E-state index in [9.17, 15) is 4.79 Å². The third-order valence-corrected chi connectivity index (χ3v) is 4.26. The van der Waals surface area contributed by atoms with E-state index in [0.717, 1.165) is 45.3 Å². The monoisotopic (exact) mass is 274 g/mol. The summed E-state index contributed by atoms with van der Waals surface area (Å²) >= 11 is 0. The van der Waals surface area contributed by atoms with Crippen LogP contribution in [0.5, 0.6) is 0 Å². The summed E-state index contributed by atoms with van der Waals surface area (Å²) in [6, 6.07) is 10.7. The molecule has 110 valence electrons. The van der Waals surface area contributed by atoms with E-state index in [-0.39, 0.29) is 11.4 Å². The number of hydrogen-bond acceptors (Lipinski definition) is 1. The quantitative estimate of drug-likeness (QED) is 0.837. The van der Waals surface area contributed by atoms with Gasteiger partial charge in [0.1, 0.15) is 0 Å². The van der Waals surface area contributed by atoms with Gasteiger partial charge in [0.05, 0.1) is 0 Å². The Balaban J connectivity index is 1.99. The molecule has 1 fully saturated rings. The highest BCUT2D eigenvalue weighted by atomic mass is 16.2. The lowest BCUT2D eigenvalue weighted by Gasteiger charge is -2.41. The number of carbonyl (C=O) groups excluding carboxylic acids is 1. The lowest BCUT2D eigenvalue weighted by molar-refractivity contribution is 0.156. The fraction of sp³-hybridized carbons (Fsp3) is 0.588. The number of nitrogens with one attached hydrogen (secondary N) is 1. The minimum atomic E-state index is 0.0849. The van der Waals surface area contributed by atoms with E-state index in [4.69, 9.17) is 0 Å². The molecule has 0 aliphatic carbocycles. The Labute approximate surface area is 122 Å². The maximum atomic E-state index is 12.2. The van der Waals surface area contributed by atoms with Crippen LogP contribution in [0.3, 0.4) is 0 Å². The van der Waals surface area contributed by atoms with Gasteiger partial charge in [0.2, 0.25) is 0 Å². The molecule has 0 saturated carbocycles. The standard InChI is InChI=1S/C17H26N2O/c1-3-4-12-18-16(20)19-13-8-11-17(2,14-19)15-9-6-5-7-10-15/h5-7,9-10H,3-4,8,11-14H2,1-2H3,(H,18,20). The topological polar surface area (TPSA) is 32.3 Å². The highest BCUT2D eigenvalue weighted by Crippen LogP contribution is 2.33. The predicted octanol–water partition coefficient (Wildman–Crippen LogP) is 3.55. The van der Waals surface area contributed by atoms with Gasteiger partial charge < -0.3 is 10.2 Å². The molecule has 1 atom stereocenters. The van der Waals surface area contributed by atoms with Crippen LogP contribution in [0.15, 0.2) is 30.3 Å². The molecule has 0 aromatic heterocycles. The fourth-order valence-electron chi connectivity index (χ4n) is 2.97. The van der Waals surface area contributed by atoms with Crippen LogP contribution in [0.25, 0.3) is 0 Å². The summed E-state index contributed by atoms with van der Waals surface area (Å²) < 4.78 is 0. The minimum Gasteiger partial charge on any atom is -0.338 e. The van der Waals surface area contributed by atoms with E-state index >= 15 is 0 Å². The Kier molecular flexibility index (Phi) is 5.05.